The van der Waals surface area contributed by atoms with Gasteiger partial charge in [0.2, 0.25) is 0 Å². The molecule has 0 aliphatic carbocycles. The van der Waals surface area contributed by atoms with Gasteiger partial charge < -0.3 is 27.9 Å². The van der Waals surface area contributed by atoms with Gasteiger partial charge in [-0.1, -0.05) is 346 Å². The van der Waals surface area contributed by atoms with E-state index in [1.807, 2.05) is 21.1 Å². The van der Waals surface area contributed by atoms with E-state index in [9.17, 15) is 19.0 Å². The number of phosphoric ester groups is 1. The number of likely N-dealkylation sites (N-methyl/N-ethyl adjacent to an activating group) is 1. The number of allylic oxidation sites excluding steroid dienone is 6. The molecule has 0 aromatic heterocycles. The van der Waals surface area contributed by atoms with Crippen molar-refractivity contribution in [3.63, 3.8) is 0 Å². The van der Waals surface area contributed by atoms with Gasteiger partial charge in [-0.05, 0) is 51.4 Å². The number of nitrogens with zero attached hydrogens (tertiary/aromatic N) is 1. The van der Waals surface area contributed by atoms with Crippen molar-refractivity contribution in [2.45, 2.75) is 380 Å². The van der Waals surface area contributed by atoms with Crippen LogP contribution in [0.2, 0.25) is 0 Å². The summed E-state index contributed by atoms with van der Waals surface area (Å²) >= 11 is 0. The van der Waals surface area contributed by atoms with Crippen molar-refractivity contribution in [3.05, 3.63) is 36.5 Å². The van der Waals surface area contributed by atoms with Crippen LogP contribution < -0.4 is 4.89 Å². The minimum Gasteiger partial charge on any atom is -0.756 e. The molecule has 0 aliphatic rings. The molecule has 84 heavy (non-hydrogen) atoms. The molecule has 2 unspecified atom stereocenters. The second-order valence-corrected chi connectivity index (χ2v) is 27.7. The molecule has 0 heterocycles. The van der Waals surface area contributed by atoms with Gasteiger partial charge in [-0.15, -0.1) is 0 Å². The summed E-state index contributed by atoms with van der Waals surface area (Å²) in [5.74, 6) is -0.831. The zero-order valence-electron chi connectivity index (χ0n) is 56.6. The SMILES string of the molecule is CCCCCCC/C=C\C/C=C\C/C=C\CCCCCCCCC(=O)OC(COC(=O)CCCCCCCCCCCCCCCCCCCCCCCCCCCCCCCCCCCCCCCCC)COP(=O)([O-])OCC[N+](C)(C)C. The van der Waals surface area contributed by atoms with Gasteiger partial charge in [-0.25, -0.2) is 0 Å². The first-order chi connectivity index (χ1) is 41.0. The Labute approximate surface area is 522 Å². The molecular weight excluding hydrogens is 1060 g/mol. The van der Waals surface area contributed by atoms with Crippen LogP contribution in [-0.4, -0.2) is 70.0 Å². The van der Waals surface area contributed by atoms with Gasteiger partial charge in [-0.2, -0.15) is 0 Å². The maximum atomic E-state index is 12.8. The number of hydrogen-bond acceptors (Lipinski definition) is 8. The number of ether oxygens (including phenoxy) is 2. The van der Waals surface area contributed by atoms with Crippen LogP contribution in [0.5, 0.6) is 0 Å². The Balaban J connectivity index is 3.90. The summed E-state index contributed by atoms with van der Waals surface area (Å²) in [6, 6.07) is 0. The standard InChI is InChI=1S/C74H142NO8P/c1-6-8-10-12-14-16-18-20-22-24-26-28-29-30-31-32-33-34-35-36-37-38-39-40-41-42-43-44-45-47-48-50-52-54-56-58-60-62-64-66-73(76)80-70-72(71-82-84(78,79)81-69-68-75(3,4)5)83-74(77)67-65-63-61-59-57-55-53-51-49-46-27-25-23-21-19-17-15-13-11-9-7-2/h19,21,25,27,49,51,72H,6-18,20,22-24,26,28-48,50,52-71H2,1-5H3/b21-19-,27-25-,51-49-. The quantitative estimate of drug-likeness (QED) is 0.0195. The largest absolute Gasteiger partial charge is 0.756 e. The fourth-order valence-electron chi connectivity index (χ4n) is 11.0. The highest BCUT2D eigenvalue weighted by Crippen LogP contribution is 2.38. The maximum absolute atomic E-state index is 12.8. The Morgan fingerprint density at radius 2 is 0.643 bits per heavy atom. The zero-order chi connectivity index (χ0) is 61.2. The topological polar surface area (TPSA) is 111 Å². The Kier molecular flexibility index (Phi) is 64.3. The van der Waals surface area contributed by atoms with Crippen molar-refractivity contribution in [3.8, 4) is 0 Å². The van der Waals surface area contributed by atoms with Crippen LogP contribution >= 0.6 is 7.82 Å². The van der Waals surface area contributed by atoms with E-state index in [1.165, 1.54) is 270 Å². The van der Waals surface area contributed by atoms with E-state index in [0.717, 1.165) is 70.6 Å². The molecule has 0 saturated heterocycles. The van der Waals surface area contributed by atoms with Crippen LogP contribution in [0.15, 0.2) is 36.5 Å². The summed E-state index contributed by atoms with van der Waals surface area (Å²) in [4.78, 5) is 38.0. The number of phosphoric acid groups is 1. The lowest BCUT2D eigenvalue weighted by Crippen LogP contribution is -2.37. The number of quaternary nitrogens is 1. The lowest BCUT2D eigenvalue weighted by atomic mass is 10.0. The van der Waals surface area contributed by atoms with E-state index in [1.54, 1.807) is 0 Å². The lowest BCUT2D eigenvalue weighted by molar-refractivity contribution is -0.870. The molecule has 496 valence electrons. The third-order valence-corrected chi connectivity index (χ3v) is 17.6. The van der Waals surface area contributed by atoms with Crippen molar-refractivity contribution in [2.24, 2.45) is 0 Å². The molecule has 0 saturated carbocycles. The smallest absolute Gasteiger partial charge is 0.306 e. The minimum atomic E-state index is -4.64. The zero-order valence-corrected chi connectivity index (χ0v) is 57.5. The number of unbranched alkanes of at least 4 members (excludes halogenated alkanes) is 49. The van der Waals surface area contributed by atoms with Gasteiger partial charge in [0.05, 0.1) is 27.7 Å². The first-order valence-corrected chi connectivity index (χ1v) is 38.2. The van der Waals surface area contributed by atoms with Crippen molar-refractivity contribution in [2.75, 3.05) is 47.5 Å². The van der Waals surface area contributed by atoms with Crippen LogP contribution in [-0.2, 0) is 32.7 Å². The normalized spacial score (nSPS) is 13.3. The Morgan fingerprint density at radius 1 is 0.369 bits per heavy atom. The van der Waals surface area contributed by atoms with Crippen LogP contribution in [0.25, 0.3) is 0 Å². The number of carbonyl (C=O) groups excluding carboxylic acids is 2. The van der Waals surface area contributed by atoms with Crippen molar-refractivity contribution in [1.29, 1.82) is 0 Å². The predicted octanol–water partition coefficient (Wildman–Crippen LogP) is 23.2. The van der Waals surface area contributed by atoms with Crippen LogP contribution in [0, 0.1) is 0 Å². The summed E-state index contributed by atoms with van der Waals surface area (Å²) in [5.41, 5.74) is 0. The first kappa shape index (κ1) is 82.2. The van der Waals surface area contributed by atoms with E-state index < -0.39 is 26.5 Å². The molecule has 2 atom stereocenters. The van der Waals surface area contributed by atoms with Crippen LogP contribution in [0.1, 0.15) is 373 Å². The average molecular weight is 1200 g/mol. The summed E-state index contributed by atoms with van der Waals surface area (Å²) in [7, 11) is 1.17. The summed E-state index contributed by atoms with van der Waals surface area (Å²) in [6.45, 7) is 4.27. The number of hydrogen-bond donors (Lipinski definition) is 0. The van der Waals surface area contributed by atoms with Gasteiger partial charge in [0.1, 0.15) is 19.8 Å². The molecule has 0 aromatic carbocycles. The predicted molar refractivity (Wildman–Crippen MR) is 361 cm³/mol. The summed E-state index contributed by atoms with van der Waals surface area (Å²) in [5, 5.41) is 0. The molecule has 9 nitrogen and oxygen atoms in total. The molecule has 0 spiro atoms. The average Bonchev–Trinajstić information content (AvgIpc) is 3.61. The third-order valence-electron chi connectivity index (χ3n) is 16.7. The molecule has 0 bridgehead atoms. The van der Waals surface area contributed by atoms with Crippen LogP contribution in [0.4, 0.5) is 0 Å². The maximum Gasteiger partial charge on any atom is 0.306 e. The van der Waals surface area contributed by atoms with Crippen molar-refractivity contribution >= 4 is 19.8 Å². The molecule has 0 N–H and O–H groups in total. The van der Waals surface area contributed by atoms with Gasteiger partial charge in [0.25, 0.3) is 7.82 Å². The summed E-state index contributed by atoms with van der Waals surface area (Å²) in [6.07, 6.45) is 84.1. The van der Waals surface area contributed by atoms with Gasteiger partial charge in [0, 0.05) is 12.8 Å². The molecule has 0 radical (unpaired) electrons. The van der Waals surface area contributed by atoms with E-state index in [0.29, 0.717) is 17.4 Å². The Morgan fingerprint density at radius 3 is 0.952 bits per heavy atom. The highest BCUT2D eigenvalue weighted by atomic mass is 31.2. The first-order valence-electron chi connectivity index (χ1n) is 36.7. The van der Waals surface area contributed by atoms with Crippen molar-refractivity contribution < 1.29 is 42.1 Å². The monoisotopic (exact) mass is 1200 g/mol. The van der Waals surface area contributed by atoms with Gasteiger partial charge in [0.15, 0.2) is 6.10 Å². The lowest BCUT2D eigenvalue weighted by Gasteiger charge is -2.28. The van der Waals surface area contributed by atoms with E-state index in [4.69, 9.17) is 18.5 Å². The van der Waals surface area contributed by atoms with Crippen LogP contribution in [0.3, 0.4) is 0 Å². The Bertz CT molecular complexity index is 1510. The van der Waals surface area contributed by atoms with E-state index in [-0.39, 0.29) is 32.0 Å². The second-order valence-electron chi connectivity index (χ2n) is 26.3. The fourth-order valence-corrected chi connectivity index (χ4v) is 11.8. The highest BCUT2D eigenvalue weighted by Gasteiger charge is 2.22. The fraction of sp³-hybridized carbons (Fsp3) is 0.892. The highest BCUT2D eigenvalue weighted by molar-refractivity contribution is 7.45. The number of carbonyl (C=O) groups is 2. The molecule has 10 heteroatoms. The second kappa shape index (κ2) is 65.7. The number of esters is 2. The van der Waals surface area contributed by atoms with Gasteiger partial charge >= 0.3 is 11.9 Å². The minimum absolute atomic E-state index is 0.0323. The summed E-state index contributed by atoms with van der Waals surface area (Å²) < 4.78 is 34.3. The number of rotatable bonds is 69. The Hall–Kier alpha value is -1.77. The van der Waals surface area contributed by atoms with E-state index in [2.05, 4.69) is 50.3 Å². The molecule has 0 rings (SSSR count). The van der Waals surface area contributed by atoms with Crippen molar-refractivity contribution in [1.82, 2.24) is 0 Å². The molecule has 0 aliphatic heterocycles. The van der Waals surface area contributed by atoms with Gasteiger partial charge in [-0.3, -0.25) is 14.2 Å². The van der Waals surface area contributed by atoms with E-state index >= 15 is 0 Å². The molecule has 0 aromatic rings. The molecule has 0 fully saturated rings. The third kappa shape index (κ3) is 69.3. The molecule has 0 amide bonds. The molecular formula is C74H142NO8P.